The maximum atomic E-state index is 10.5. The van der Waals surface area contributed by atoms with Crippen LogP contribution in [0.2, 0.25) is 0 Å². The van der Waals surface area contributed by atoms with Crippen molar-refractivity contribution in [2.24, 2.45) is 15.9 Å². The molecule has 0 spiro atoms. The van der Waals surface area contributed by atoms with Crippen LogP contribution in [-0.4, -0.2) is 27.7 Å². The molecule has 0 heterocycles. The molecule has 0 amide bonds. The van der Waals surface area contributed by atoms with Crippen LogP contribution in [0.5, 0.6) is 5.75 Å². The predicted molar refractivity (Wildman–Crippen MR) is 67.5 cm³/mol. The lowest BCUT2D eigenvalue weighted by atomic mass is 10.2. The van der Waals surface area contributed by atoms with Gasteiger partial charge in [-0.25, -0.2) is 0 Å². The number of aromatic hydroxyl groups is 1. The van der Waals surface area contributed by atoms with Crippen molar-refractivity contribution >= 4 is 28.8 Å². The van der Waals surface area contributed by atoms with Crippen molar-refractivity contribution < 1.29 is 10.0 Å². The lowest BCUT2D eigenvalue weighted by Crippen LogP contribution is -2.03. The summed E-state index contributed by atoms with van der Waals surface area (Å²) < 4.78 is 0. The summed E-state index contributed by atoms with van der Waals surface area (Å²) in [7, 11) is 0. The van der Waals surface area contributed by atoms with Crippen LogP contribution >= 0.6 is 11.8 Å². The van der Waals surface area contributed by atoms with E-state index in [-0.39, 0.29) is 22.2 Å². The van der Waals surface area contributed by atoms with Crippen molar-refractivity contribution in [1.29, 1.82) is 0 Å². The van der Waals surface area contributed by atoms with Gasteiger partial charge in [0.2, 0.25) is 0 Å². The minimum Gasteiger partial charge on any atom is -0.507 e. The van der Waals surface area contributed by atoms with Crippen LogP contribution < -0.4 is 5.73 Å². The molecule has 17 heavy (non-hydrogen) atoms. The molecule has 8 heteroatoms. The van der Waals surface area contributed by atoms with Gasteiger partial charge >= 0.3 is 0 Å². The van der Waals surface area contributed by atoms with Gasteiger partial charge in [0.15, 0.2) is 5.17 Å². The molecule has 7 nitrogen and oxygen atoms in total. The van der Waals surface area contributed by atoms with Gasteiger partial charge in [0.1, 0.15) is 5.75 Å². The Kier molecular flexibility index (Phi) is 4.46. The van der Waals surface area contributed by atoms with E-state index in [0.717, 1.165) is 0 Å². The first-order valence-electron chi connectivity index (χ1n) is 4.42. The summed E-state index contributed by atoms with van der Waals surface area (Å²) in [6.45, 7) is 0. The van der Waals surface area contributed by atoms with Crippen molar-refractivity contribution in [3.8, 4) is 5.75 Å². The van der Waals surface area contributed by atoms with E-state index in [0.29, 0.717) is 0 Å². The summed E-state index contributed by atoms with van der Waals surface area (Å²) in [5, 5.41) is 27.4. The normalized spacial score (nSPS) is 11.9. The van der Waals surface area contributed by atoms with Crippen LogP contribution in [0.3, 0.4) is 0 Å². The molecule has 1 rings (SSSR count). The second-order valence-corrected chi connectivity index (χ2v) is 3.71. The van der Waals surface area contributed by atoms with Gasteiger partial charge in [-0.05, 0) is 12.3 Å². The fourth-order valence-corrected chi connectivity index (χ4v) is 1.08. The van der Waals surface area contributed by atoms with Crippen molar-refractivity contribution in [1.82, 2.24) is 0 Å². The molecule has 0 saturated carbocycles. The van der Waals surface area contributed by atoms with Gasteiger partial charge in [-0.15, -0.1) is 5.10 Å². The predicted octanol–water partition coefficient (Wildman–Crippen LogP) is 1.31. The van der Waals surface area contributed by atoms with Gasteiger partial charge in [0.25, 0.3) is 5.69 Å². The zero-order valence-corrected chi connectivity index (χ0v) is 9.72. The summed E-state index contributed by atoms with van der Waals surface area (Å²) in [5.74, 6) is -0.114. The van der Waals surface area contributed by atoms with Crippen molar-refractivity contribution in [3.63, 3.8) is 0 Å². The van der Waals surface area contributed by atoms with Crippen LogP contribution in [0.4, 0.5) is 5.69 Å². The molecular weight excluding hydrogens is 244 g/mol. The van der Waals surface area contributed by atoms with Crippen molar-refractivity contribution in [2.45, 2.75) is 0 Å². The maximum Gasteiger partial charge on any atom is 0.270 e. The molecule has 0 bridgehead atoms. The van der Waals surface area contributed by atoms with Gasteiger partial charge in [0, 0.05) is 17.7 Å². The van der Waals surface area contributed by atoms with E-state index >= 15 is 0 Å². The topological polar surface area (TPSA) is 114 Å². The molecule has 0 aliphatic carbocycles. The van der Waals surface area contributed by atoms with Gasteiger partial charge in [-0.1, -0.05) is 11.8 Å². The van der Waals surface area contributed by atoms with E-state index < -0.39 is 4.92 Å². The van der Waals surface area contributed by atoms with E-state index in [2.05, 4.69) is 10.2 Å². The average Bonchev–Trinajstić information content (AvgIpc) is 2.30. The quantitative estimate of drug-likeness (QED) is 0.365. The zero-order valence-electron chi connectivity index (χ0n) is 8.90. The first kappa shape index (κ1) is 13.0. The Labute approximate surface area is 101 Å². The lowest BCUT2D eigenvalue weighted by Gasteiger charge is -1.97. The number of nitro groups is 1. The fraction of sp³-hybridized carbons (Fsp3) is 0.111. The number of nitro benzene ring substituents is 1. The number of thioether (sulfide) groups is 1. The summed E-state index contributed by atoms with van der Waals surface area (Å²) in [4.78, 5) is 9.96. The van der Waals surface area contributed by atoms with Gasteiger partial charge in [-0.3, -0.25) is 10.1 Å². The molecule has 1 aromatic carbocycles. The number of hydrogen-bond acceptors (Lipinski definition) is 6. The summed E-state index contributed by atoms with van der Waals surface area (Å²) in [6, 6.07) is 3.62. The number of nitrogens with two attached hydrogens (primary N) is 1. The molecule has 0 aliphatic heterocycles. The second kappa shape index (κ2) is 5.85. The van der Waals surface area contributed by atoms with Crippen LogP contribution in [0, 0.1) is 10.1 Å². The van der Waals surface area contributed by atoms with Crippen LogP contribution in [-0.2, 0) is 0 Å². The van der Waals surface area contributed by atoms with Gasteiger partial charge < -0.3 is 10.8 Å². The highest BCUT2D eigenvalue weighted by Crippen LogP contribution is 2.21. The zero-order chi connectivity index (χ0) is 12.8. The summed E-state index contributed by atoms with van der Waals surface area (Å²) in [5.41, 5.74) is 5.45. The Hall–Kier alpha value is -2.09. The Morgan fingerprint density at radius 3 is 2.94 bits per heavy atom. The van der Waals surface area contributed by atoms with Gasteiger partial charge in [-0.2, -0.15) is 5.10 Å². The third-order valence-corrected chi connectivity index (χ3v) is 2.28. The highest BCUT2D eigenvalue weighted by molar-refractivity contribution is 8.13. The van der Waals surface area contributed by atoms with E-state index in [9.17, 15) is 15.2 Å². The molecule has 0 fully saturated rings. The van der Waals surface area contributed by atoms with Gasteiger partial charge in [0.05, 0.1) is 11.1 Å². The summed E-state index contributed by atoms with van der Waals surface area (Å²) >= 11 is 1.22. The number of hydrogen-bond donors (Lipinski definition) is 2. The molecule has 0 aromatic heterocycles. The Balaban J connectivity index is 2.98. The molecule has 1 aromatic rings. The number of rotatable bonds is 3. The largest absolute Gasteiger partial charge is 0.507 e. The van der Waals surface area contributed by atoms with Crippen LogP contribution in [0.1, 0.15) is 5.56 Å². The number of non-ortho nitro benzene ring substituents is 1. The molecule has 0 saturated heterocycles. The highest BCUT2D eigenvalue weighted by Gasteiger charge is 2.08. The number of phenolic OH excluding ortho intramolecular Hbond substituents is 1. The van der Waals surface area contributed by atoms with E-state index in [1.54, 1.807) is 6.26 Å². The summed E-state index contributed by atoms with van der Waals surface area (Å²) in [6.07, 6.45) is 2.94. The van der Waals surface area contributed by atoms with Crippen molar-refractivity contribution in [3.05, 3.63) is 33.9 Å². The number of phenols is 1. The Morgan fingerprint density at radius 2 is 2.35 bits per heavy atom. The molecule has 0 unspecified atom stereocenters. The number of nitrogens with zero attached hydrogens (tertiary/aromatic N) is 3. The average molecular weight is 254 g/mol. The standard InChI is InChI=1S/C9H10N4O3S/c1-17-9(10)12-11-5-6-4-7(13(15)16)2-3-8(6)14/h2-5,14H,1H3,(H2,10,12)/b11-5-. The Bertz CT molecular complexity index is 487. The van der Waals surface area contributed by atoms with E-state index in [1.807, 2.05) is 0 Å². The minimum atomic E-state index is -0.559. The molecule has 0 atom stereocenters. The first-order chi connectivity index (χ1) is 8.04. The fourth-order valence-electron chi connectivity index (χ4n) is 0.948. The van der Waals surface area contributed by atoms with Crippen molar-refractivity contribution in [2.75, 3.05) is 6.26 Å². The molecule has 90 valence electrons. The Morgan fingerprint density at radius 1 is 1.65 bits per heavy atom. The van der Waals surface area contributed by atoms with E-state index in [1.165, 1.54) is 36.2 Å². The molecule has 0 aliphatic rings. The van der Waals surface area contributed by atoms with E-state index in [4.69, 9.17) is 5.73 Å². The smallest absolute Gasteiger partial charge is 0.270 e. The maximum absolute atomic E-state index is 10.5. The number of amidine groups is 1. The monoisotopic (exact) mass is 254 g/mol. The lowest BCUT2D eigenvalue weighted by molar-refractivity contribution is -0.384. The highest BCUT2D eigenvalue weighted by atomic mass is 32.2. The molecular formula is C9H10N4O3S. The third-order valence-electron chi connectivity index (χ3n) is 1.78. The molecule has 0 radical (unpaired) electrons. The SMILES string of the molecule is CS/C(N)=N/N=C\c1cc([N+](=O)[O-])ccc1O. The second-order valence-electron chi connectivity index (χ2n) is 2.89. The number of benzene rings is 1. The first-order valence-corrected chi connectivity index (χ1v) is 5.65. The molecule has 3 N–H and O–H groups in total. The van der Waals surface area contributed by atoms with Crippen LogP contribution in [0.15, 0.2) is 28.4 Å². The minimum absolute atomic E-state index is 0.114. The third kappa shape index (κ3) is 3.76. The van der Waals surface area contributed by atoms with Crippen LogP contribution in [0.25, 0.3) is 0 Å².